The average Bonchev–Trinajstić information content (AvgIpc) is 2.23. The Labute approximate surface area is 99.7 Å². The maximum Gasteiger partial charge on any atom is 0.337 e. The van der Waals surface area contributed by atoms with E-state index in [1.54, 1.807) is 6.92 Å². The van der Waals surface area contributed by atoms with Gasteiger partial charge in [-0.15, -0.1) is 0 Å². The van der Waals surface area contributed by atoms with Gasteiger partial charge in [0.1, 0.15) is 0 Å². The van der Waals surface area contributed by atoms with Gasteiger partial charge in [-0.2, -0.15) is 0 Å². The molecular weight excluding hydrogens is 202 g/mol. The highest BCUT2D eigenvalue weighted by Gasteiger charge is 2.29. The SMILES string of the molecule is C=C(C)C(=O)OC(CCCC)[N+](C)(C)CC. The van der Waals surface area contributed by atoms with Crippen LogP contribution >= 0.6 is 0 Å². The summed E-state index contributed by atoms with van der Waals surface area (Å²) in [5, 5.41) is 0. The van der Waals surface area contributed by atoms with Gasteiger partial charge in [0, 0.05) is 12.0 Å². The Kier molecular flexibility index (Phi) is 6.34. The summed E-state index contributed by atoms with van der Waals surface area (Å²) in [5.74, 6) is -0.277. The van der Waals surface area contributed by atoms with Crippen LogP contribution in [0.4, 0.5) is 0 Å². The van der Waals surface area contributed by atoms with Gasteiger partial charge in [-0.1, -0.05) is 19.9 Å². The van der Waals surface area contributed by atoms with E-state index < -0.39 is 0 Å². The number of esters is 1. The van der Waals surface area contributed by atoms with Crippen LogP contribution in [0.2, 0.25) is 0 Å². The topological polar surface area (TPSA) is 26.3 Å². The van der Waals surface area contributed by atoms with Crippen LogP contribution in [0.3, 0.4) is 0 Å². The van der Waals surface area contributed by atoms with Gasteiger partial charge in [-0.3, -0.25) is 4.48 Å². The molecule has 1 atom stereocenters. The number of hydrogen-bond donors (Lipinski definition) is 0. The van der Waals surface area contributed by atoms with E-state index in [1.807, 2.05) is 0 Å². The van der Waals surface area contributed by atoms with E-state index in [0.29, 0.717) is 10.1 Å². The Balaban J connectivity index is 4.55. The first-order valence-electron chi connectivity index (χ1n) is 6.04. The molecule has 0 aliphatic rings. The summed E-state index contributed by atoms with van der Waals surface area (Å²) in [4.78, 5) is 11.5. The van der Waals surface area contributed by atoms with Gasteiger partial charge in [0.05, 0.1) is 20.6 Å². The lowest BCUT2D eigenvalue weighted by Gasteiger charge is -2.36. The smallest absolute Gasteiger partial charge is 0.337 e. The van der Waals surface area contributed by atoms with Gasteiger partial charge in [0.25, 0.3) is 0 Å². The molecule has 0 spiro atoms. The summed E-state index contributed by atoms with van der Waals surface area (Å²) in [6.45, 7) is 10.5. The number of hydrogen-bond acceptors (Lipinski definition) is 2. The Morgan fingerprint density at radius 1 is 1.38 bits per heavy atom. The molecule has 0 bridgehead atoms. The molecule has 16 heavy (non-hydrogen) atoms. The number of ether oxygens (including phenoxy) is 1. The highest BCUT2D eigenvalue weighted by Crippen LogP contribution is 2.16. The number of carbonyl (C=O) groups is 1. The van der Waals surface area contributed by atoms with Crippen LogP contribution in [0.5, 0.6) is 0 Å². The molecule has 0 aromatic carbocycles. The standard InChI is InChI=1S/C13H26NO2/c1-7-9-10-12(14(5,6)8-2)16-13(15)11(3)4/h12H,3,7-10H2,1-2,4-6H3/q+1. The lowest BCUT2D eigenvalue weighted by molar-refractivity contribution is -0.933. The molecular formula is C13H26NO2+. The van der Waals surface area contributed by atoms with Crippen molar-refractivity contribution in [3.05, 3.63) is 12.2 Å². The molecule has 94 valence electrons. The van der Waals surface area contributed by atoms with E-state index in [2.05, 4.69) is 34.5 Å². The predicted molar refractivity (Wildman–Crippen MR) is 66.9 cm³/mol. The van der Waals surface area contributed by atoms with Gasteiger partial charge >= 0.3 is 5.97 Å². The minimum absolute atomic E-state index is 0.0610. The predicted octanol–water partition coefficient (Wildman–Crippen LogP) is 2.72. The molecule has 3 heteroatoms. The van der Waals surface area contributed by atoms with Crippen LogP contribution in [0, 0.1) is 0 Å². The van der Waals surface area contributed by atoms with Crippen LogP contribution in [-0.4, -0.2) is 37.3 Å². The van der Waals surface area contributed by atoms with Crippen molar-refractivity contribution in [3.8, 4) is 0 Å². The zero-order valence-electron chi connectivity index (χ0n) is 11.4. The van der Waals surface area contributed by atoms with Crippen molar-refractivity contribution in [3.63, 3.8) is 0 Å². The van der Waals surface area contributed by atoms with Gasteiger partial charge in [0.2, 0.25) is 6.23 Å². The highest BCUT2D eigenvalue weighted by atomic mass is 16.6. The van der Waals surface area contributed by atoms with Crippen LogP contribution in [-0.2, 0) is 9.53 Å². The van der Waals surface area contributed by atoms with Gasteiger partial charge in [-0.25, -0.2) is 4.79 Å². The molecule has 0 aliphatic carbocycles. The van der Waals surface area contributed by atoms with Crippen molar-refractivity contribution in [1.82, 2.24) is 0 Å². The van der Waals surface area contributed by atoms with Crippen molar-refractivity contribution < 1.29 is 14.0 Å². The summed E-state index contributed by atoms with van der Waals surface area (Å²) >= 11 is 0. The second-order valence-electron chi connectivity index (χ2n) is 4.88. The molecule has 3 nitrogen and oxygen atoms in total. The maximum absolute atomic E-state index is 11.5. The number of unbranched alkanes of at least 4 members (excludes halogenated alkanes) is 1. The zero-order chi connectivity index (χ0) is 12.8. The maximum atomic E-state index is 11.5. The Morgan fingerprint density at radius 2 is 1.94 bits per heavy atom. The Morgan fingerprint density at radius 3 is 2.31 bits per heavy atom. The molecule has 0 saturated heterocycles. The summed E-state index contributed by atoms with van der Waals surface area (Å²) < 4.78 is 6.21. The summed E-state index contributed by atoms with van der Waals surface area (Å²) in [6.07, 6.45) is 3.05. The lowest BCUT2D eigenvalue weighted by Crippen LogP contribution is -2.50. The molecule has 0 fully saturated rings. The molecule has 0 heterocycles. The second-order valence-corrected chi connectivity index (χ2v) is 4.88. The highest BCUT2D eigenvalue weighted by molar-refractivity contribution is 5.86. The van der Waals surface area contributed by atoms with Crippen molar-refractivity contribution in [2.24, 2.45) is 0 Å². The summed E-state index contributed by atoms with van der Waals surface area (Å²) in [7, 11) is 4.18. The third-order valence-corrected chi connectivity index (χ3v) is 2.99. The fourth-order valence-corrected chi connectivity index (χ4v) is 1.36. The lowest BCUT2D eigenvalue weighted by atomic mass is 10.2. The van der Waals surface area contributed by atoms with E-state index in [0.717, 1.165) is 25.8 Å². The minimum Gasteiger partial charge on any atom is -0.409 e. The average molecular weight is 228 g/mol. The van der Waals surface area contributed by atoms with Gasteiger partial charge in [-0.05, 0) is 20.3 Å². The third-order valence-electron chi connectivity index (χ3n) is 2.99. The van der Waals surface area contributed by atoms with Gasteiger partial charge < -0.3 is 4.74 Å². The van der Waals surface area contributed by atoms with E-state index in [1.165, 1.54) is 0 Å². The van der Waals surface area contributed by atoms with Crippen molar-refractivity contribution >= 4 is 5.97 Å². The number of rotatable bonds is 7. The van der Waals surface area contributed by atoms with E-state index in [4.69, 9.17) is 4.74 Å². The number of quaternary nitrogens is 1. The molecule has 0 radical (unpaired) electrons. The normalized spacial score (nSPS) is 13.3. The first-order chi connectivity index (χ1) is 7.35. The molecule has 0 amide bonds. The molecule has 1 unspecified atom stereocenters. The van der Waals surface area contributed by atoms with Gasteiger partial charge in [0.15, 0.2) is 0 Å². The summed E-state index contributed by atoms with van der Waals surface area (Å²) in [5.41, 5.74) is 0.470. The Bertz CT molecular complexity index is 246. The van der Waals surface area contributed by atoms with E-state index in [9.17, 15) is 4.79 Å². The molecule has 0 saturated carbocycles. The quantitative estimate of drug-likeness (QED) is 0.290. The zero-order valence-corrected chi connectivity index (χ0v) is 11.4. The van der Waals surface area contributed by atoms with Crippen molar-refractivity contribution in [1.29, 1.82) is 0 Å². The Hall–Kier alpha value is -0.830. The first kappa shape index (κ1) is 15.2. The van der Waals surface area contributed by atoms with Crippen LogP contribution < -0.4 is 0 Å². The van der Waals surface area contributed by atoms with Crippen molar-refractivity contribution in [2.45, 2.75) is 46.3 Å². The number of nitrogens with zero attached hydrogens (tertiary/aromatic N) is 1. The van der Waals surface area contributed by atoms with E-state index in [-0.39, 0.29) is 12.2 Å². The minimum atomic E-state index is -0.277. The molecule has 0 aromatic heterocycles. The van der Waals surface area contributed by atoms with Crippen LogP contribution in [0.1, 0.15) is 40.0 Å². The first-order valence-corrected chi connectivity index (χ1v) is 6.04. The molecule has 0 aromatic rings. The summed E-state index contributed by atoms with van der Waals surface area (Å²) in [6, 6.07) is 0. The molecule has 0 N–H and O–H groups in total. The third kappa shape index (κ3) is 4.79. The second kappa shape index (κ2) is 6.69. The molecule has 0 rings (SSSR count). The van der Waals surface area contributed by atoms with Crippen LogP contribution in [0.25, 0.3) is 0 Å². The number of carbonyl (C=O) groups excluding carboxylic acids is 1. The fraction of sp³-hybridized carbons (Fsp3) is 0.769. The monoisotopic (exact) mass is 228 g/mol. The van der Waals surface area contributed by atoms with Crippen LogP contribution in [0.15, 0.2) is 12.2 Å². The fourth-order valence-electron chi connectivity index (χ4n) is 1.36. The largest absolute Gasteiger partial charge is 0.409 e. The van der Waals surface area contributed by atoms with Crippen molar-refractivity contribution in [2.75, 3.05) is 20.6 Å². The molecule has 0 aliphatic heterocycles. The van der Waals surface area contributed by atoms with E-state index >= 15 is 0 Å².